The molecule has 0 amide bonds. The van der Waals surface area contributed by atoms with E-state index >= 15 is 0 Å². The number of hydrogen-bond donors (Lipinski definition) is 0. The normalized spacial score (nSPS) is 10.6. The van der Waals surface area contributed by atoms with Crippen molar-refractivity contribution in [2.75, 3.05) is 0 Å². The van der Waals surface area contributed by atoms with Crippen LogP contribution in [0.1, 0.15) is 17.5 Å². The number of benzene rings is 2. The van der Waals surface area contributed by atoms with E-state index in [1.807, 2.05) is 30.3 Å². The van der Waals surface area contributed by atoms with Gasteiger partial charge in [0.25, 0.3) is 0 Å². The van der Waals surface area contributed by atoms with Crippen molar-refractivity contribution in [3.05, 3.63) is 71.0 Å². The average Bonchev–Trinajstić information content (AvgIpc) is 2.34. The molecule has 0 saturated heterocycles. The van der Waals surface area contributed by atoms with Gasteiger partial charge in [-0.3, -0.25) is 0 Å². The molecule has 3 heteroatoms. The first-order chi connectivity index (χ1) is 8.66. The van der Waals surface area contributed by atoms with Gasteiger partial charge in [-0.25, -0.2) is 13.2 Å². The Morgan fingerprint density at radius 3 is 2.00 bits per heavy atom. The third kappa shape index (κ3) is 3.13. The molecule has 0 aromatic heterocycles. The molecule has 0 unspecified atom stereocenters. The Balaban J connectivity index is 1.99. The molecule has 0 aliphatic rings. The van der Waals surface area contributed by atoms with Crippen LogP contribution in [-0.4, -0.2) is 0 Å². The van der Waals surface area contributed by atoms with E-state index in [0.717, 1.165) is 24.1 Å². The second-order valence-corrected chi connectivity index (χ2v) is 4.19. The van der Waals surface area contributed by atoms with Crippen LogP contribution in [-0.2, 0) is 12.8 Å². The Morgan fingerprint density at radius 2 is 1.39 bits per heavy atom. The molecule has 2 rings (SSSR count). The highest BCUT2D eigenvalue weighted by molar-refractivity contribution is 5.21. The van der Waals surface area contributed by atoms with Crippen LogP contribution in [0.3, 0.4) is 0 Å². The Morgan fingerprint density at radius 1 is 0.778 bits per heavy atom. The summed E-state index contributed by atoms with van der Waals surface area (Å²) in [6.07, 6.45) is 1.65. The molecule has 2 aromatic carbocycles. The first-order valence-electron chi connectivity index (χ1n) is 5.84. The van der Waals surface area contributed by atoms with Crippen molar-refractivity contribution in [1.29, 1.82) is 0 Å². The lowest BCUT2D eigenvalue weighted by Crippen LogP contribution is -1.99. The Bertz CT molecular complexity index is 498. The molecule has 0 saturated carbocycles. The lowest BCUT2D eigenvalue weighted by atomic mass is 10.0. The lowest BCUT2D eigenvalue weighted by molar-refractivity contribution is 0.520. The molecule has 94 valence electrons. The average molecular weight is 250 g/mol. The third-order valence-electron chi connectivity index (χ3n) is 2.84. The van der Waals surface area contributed by atoms with E-state index in [-0.39, 0.29) is 12.0 Å². The zero-order chi connectivity index (χ0) is 13.0. The summed E-state index contributed by atoms with van der Waals surface area (Å²) in [6, 6.07) is 11.2. The van der Waals surface area contributed by atoms with Crippen molar-refractivity contribution in [3.8, 4) is 0 Å². The zero-order valence-corrected chi connectivity index (χ0v) is 9.80. The minimum atomic E-state index is -0.878. The molecule has 0 nitrogen and oxygen atoms in total. The molecule has 0 fully saturated rings. The molecule has 2 aromatic rings. The van der Waals surface area contributed by atoms with Gasteiger partial charge in [-0.05, 0) is 24.8 Å². The fourth-order valence-electron chi connectivity index (χ4n) is 1.92. The molecule has 0 aliphatic carbocycles. The number of rotatable bonds is 4. The highest BCUT2D eigenvalue weighted by Crippen LogP contribution is 2.17. The summed E-state index contributed by atoms with van der Waals surface area (Å²) >= 11 is 0. The quantitative estimate of drug-likeness (QED) is 0.759. The van der Waals surface area contributed by atoms with Crippen molar-refractivity contribution in [3.63, 3.8) is 0 Å². The standard InChI is InChI=1S/C15H13F3/c16-12-9-14(17)13(15(18)10-12)8-4-7-11-5-2-1-3-6-11/h1-3,5-6,9-10H,4,7-8H2. The second kappa shape index (κ2) is 5.71. The topological polar surface area (TPSA) is 0 Å². The fourth-order valence-corrected chi connectivity index (χ4v) is 1.92. The number of hydrogen-bond acceptors (Lipinski definition) is 0. The second-order valence-electron chi connectivity index (χ2n) is 4.19. The van der Waals surface area contributed by atoms with Gasteiger partial charge in [0, 0.05) is 17.7 Å². The van der Waals surface area contributed by atoms with Gasteiger partial charge in [0.2, 0.25) is 0 Å². The molecule has 0 spiro atoms. The molecule has 0 N–H and O–H groups in total. The lowest BCUT2D eigenvalue weighted by Gasteiger charge is -2.05. The number of halogens is 3. The van der Waals surface area contributed by atoms with Crippen LogP contribution in [0, 0.1) is 17.5 Å². The van der Waals surface area contributed by atoms with Crippen LogP contribution in [0.25, 0.3) is 0 Å². The van der Waals surface area contributed by atoms with Gasteiger partial charge in [0.05, 0.1) is 0 Å². The molecule has 18 heavy (non-hydrogen) atoms. The SMILES string of the molecule is Fc1cc(F)c(CCCc2ccccc2)c(F)c1. The number of aryl methyl sites for hydroxylation is 1. The van der Waals surface area contributed by atoms with Crippen molar-refractivity contribution in [2.24, 2.45) is 0 Å². The van der Waals surface area contributed by atoms with Gasteiger partial charge < -0.3 is 0 Å². The predicted octanol–water partition coefficient (Wildman–Crippen LogP) is 4.28. The summed E-state index contributed by atoms with van der Waals surface area (Å²) in [4.78, 5) is 0. The molecular formula is C15H13F3. The van der Waals surface area contributed by atoms with Crippen LogP contribution < -0.4 is 0 Å². The minimum absolute atomic E-state index is 0.0349. The van der Waals surface area contributed by atoms with Gasteiger partial charge in [0.15, 0.2) is 0 Å². The van der Waals surface area contributed by atoms with Crippen LogP contribution >= 0.6 is 0 Å². The summed E-state index contributed by atoms with van der Waals surface area (Å²) in [5.74, 6) is -2.49. The zero-order valence-electron chi connectivity index (χ0n) is 9.80. The monoisotopic (exact) mass is 250 g/mol. The third-order valence-corrected chi connectivity index (χ3v) is 2.84. The van der Waals surface area contributed by atoms with Gasteiger partial charge in [-0.1, -0.05) is 30.3 Å². The Kier molecular flexibility index (Phi) is 4.03. The first-order valence-corrected chi connectivity index (χ1v) is 5.84. The highest BCUT2D eigenvalue weighted by atomic mass is 19.1. The molecule has 0 atom stereocenters. The molecule has 0 bridgehead atoms. The largest absolute Gasteiger partial charge is 0.207 e. The maximum Gasteiger partial charge on any atom is 0.132 e. The maximum atomic E-state index is 13.4. The summed E-state index contributed by atoms with van der Waals surface area (Å²) < 4.78 is 39.4. The Labute approximate surface area is 104 Å². The van der Waals surface area contributed by atoms with Gasteiger partial charge >= 0.3 is 0 Å². The highest BCUT2D eigenvalue weighted by Gasteiger charge is 2.10. The predicted molar refractivity (Wildman–Crippen MR) is 64.8 cm³/mol. The van der Waals surface area contributed by atoms with Crippen LogP contribution in [0.5, 0.6) is 0 Å². The van der Waals surface area contributed by atoms with E-state index in [9.17, 15) is 13.2 Å². The van der Waals surface area contributed by atoms with E-state index in [1.165, 1.54) is 0 Å². The van der Waals surface area contributed by atoms with Gasteiger partial charge in [-0.2, -0.15) is 0 Å². The van der Waals surface area contributed by atoms with E-state index in [2.05, 4.69) is 0 Å². The summed E-state index contributed by atoms with van der Waals surface area (Å²) in [7, 11) is 0. The maximum absolute atomic E-state index is 13.4. The smallest absolute Gasteiger partial charge is 0.132 e. The van der Waals surface area contributed by atoms with Crippen LogP contribution in [0.15, 0.2) is 42.5 Å². The van der Waals surface area contributed by atoms with Crippen molar-refractivity contribution in [1.82, 2.24) is 0 Å². The van der Waals surface area contributed by atoms with Crippen molar-refractivity contribution >= 4 is 0 Å². The molecular weight excluding hydrogens is 237 g/mol. The van der Waals surface area contributed by atoms with Crippen LogP contribution in [0.2, 0.25) is 0 Å². The van der Waals surface area contributed by atoms with Crippen molar-refractivity contribution in [2.45, 2.75) is 19.3 Å². The summed E-state index contributed by atoms with van der Waals surface area (Å²) in [5.41, 5.74) is 1.09. The summed E-state index contributed by atoms with van der Waals surface area (Å²) in [5, 5.41) is 0. The Hall–Kier alpha value is -1.77. The summed E-state index contributed by atoms with van der Waals surface area (Å²) in [6.45, 7) is 0. The first kappa shape index (κ1) is 12.7. The molecule has 0 heterocycles. The van der Waals surface area contributed by atoms with Gasteiger partial charge in [0.1, 0.15) is 17.5 Å². The van der Waals surface area contributed by atoms with E-state index in [0.29, 0.717) is 6.42 Å². The molecule has 0 aliphatic heterocycles. The fraction of sp³-hybridized carbons (Fsp3) is 0.200. The minimum Gasteiger partial charge on any atom is -0.207 e. The molecule has 0 radical (unpaired) electrons. The van der Waals surface area contributed by atoms with Gasteiger partial charge in [-0.15, -0.1) is 0 Å². The van der Waals surface area contributed by atoms with E-state index in [4.69, 9.17) is 0 Å². The van der Waals surface area contributed by atoms with E-state index in [1.54, 1.807) is 0 Å². The van der Waals surface area contributed by atoms with Crippen molar-refractivity contribution < 1.29 is 13.2 Å². The van der Waals surface area contributed by atoms with E-state index < -0.39 is 17.5 Å². The van der Waals surface area contributed by atoms with Crippen LogP contribution in [0.4, 0.5) is 13.2 Å².